The molecule has 0 bridgehead atoms. The minimum absolute atomic E-state index is 0.0939. The number of hydrogen-bond donors (Lipinski definition) is 0. The van der Waals surface area contributed by atoms with Crippen LogP contribution in [0.15, 0.2) is 54.6 Å². The molecule has 1 saturated heterocycles. The van der Waals surface area contributed by atoms with Crippen molar-refractivity contribution in [1.82, 2.24) is 24.8 Å². The van der Waals surface area contributed by atoms with E-state index in [0.29, 0.717) is 54.9 Å². The molecule has 35 heavy (non-hydrogen) atoms. The largest absolute Gasteiger partial charge is 0.481 e. The van der Waals surface area contributed by atoms with Crippen molar-refractivity contribution in [2.45, 2.75) is 32.3 Å². The fourth-order valence-corrected chi connectivity index (χ4v) is 4.47. The Bertz CT molecular complexity index is 1190. The van der Waals surface area contributed by atoms with E-state index in [-0.39, 0.29) is 24.5 Å². The van der Waals surface area contributed by atoms with Crippen LogP contribution < -0.4 is 4.74 Å². The van der Waals surface area contributed by atoms with Crippen molar-refractivity contribution < 1.29 is 19.1 Å². The highest BCUT2D eigenvalue weighted by atomic mass is 35.5. The van der Waals surface area contributed by atoms with E-state index in [9.17, 15) is 9.59 Å². The number of nitrogens with zero attached hydrogens (tertiary/aromatic N) is 5. The molecule has 2 atom stereocenters. The number of carbonyl (C=O) groups excluding carboxylic acids is 2. The average Bonchev–Trinajstić information content (AvgIpc) is 3.32. The van der Waals surface area contributed by atoms with Gasteiger partial charge < -0.3 is 19.3 Å². The van der Waals surface area contributed by atoms with E-state index in [4.69, 9.17) is 21.1 Å². The standard InChI is InChI=1S/C25H26ClN5O4/c1-17(35-20-5-3-2-4-6-20)24(32)29-11-13-30(14-12-29)25(33)23-21-16-34-22(15-31(21)28-27-23)18-7-9-19(26)10-8-18/h2-10,17,22H,11-16H2,1H3. The number of para-hydroxylation sites is 1. The number of carbonyl (C=O) groups is 2. The highest BCUT2D eigenvalue weighted by molar-refractivity contribution is 6.30. The van der Waals surface area contributed by atoms with E-state index in [0.717, 1.165) is 5.56 Å². The minimum atomic E-state index is -0.602. The van der Waals surface area contributed by atoms with Gasteiger partial charge in [0.05, 0.1) is 18.8 Å². The van der Waals surface area contributed by atoms with Gasteiger partial charge in [-0.05, 0) is 36.8 Å². The number of fused-ring (bicyclic) bond motifs is 1. The lowest BCUT2D eigenvalue weighted by atomic mass is 10.1. The molecule has 3 heterocycles. The maximum atomic E-state index is 13.2. The normalized spacial score (nSPS) is 18.6. The van der Waals surface area contributed by atoms with Crippen LogP contribution in [0.3, 0.4) is 0 Å². The zero-order valence-corrected chi connectivity index (χ0v) is 20.1. The van der Waals surface area contributed by atoms with Crippen LogP contribution in [-0.4, -0.2) is 68.9 Å². The number of amides is 2. The van der Waals surface area contributed by atoms with Gasteiger partial charge in [-0.2, -0.15) is 0 Å². The average molecular weight is 496 g/mol. The quantitative estimate of drug-likeness (QED) is 0.540. The lowest BCUT2D eigenvalue weighted by molar-refractivity contribution is -0.139. The molecule has 2 aliphatic heterocycles. The molecule has 0 N–H and O–H groups in total. The molecule has 1 aromatic heterocycles. The van der Waals surface area contributed by atoms with Crippen LogP contribution in [0.5, 0.6) is 5.75 Å². The van der Waals surface area contributed by atoms with Gasteiger partial charge in [-0.3, -0.25) is 9.59 Å². The van der Waals surface area contributed by atoms with Gasteiger partial charge in [0.15, 0.2) is 11.8 Å². The Morgan fingerprint density at radius 3 is 2.43 bits per heavy atom. The third kappa shape index (κ3) is 5.01. The van der Waals surface area contributed by atoms with Crippen LogP contribution in [0.25, 0.3) is 0 Å². The van der Waals surface area contributed by atoms with E-state index < -0.39 is 6.10 Å². The molecule has 3 aromatic rings. The molecule has 2 amide bonds. The summed E-state index contributed by atoms with van der Waals surface area (Å²) in [5, 5.41) is 9.03. The topological polar surface area (TPSA) is 89.8 Å². The van der Waals surface area contributed by atoms with Crippen molar-refractivity contribution in [3.05, 3.63) is 76.6 Å². The predicted molar refractivity (Wildman–Crippen MR) is 128 cm³/mol. The molecular weight excluding hydrogens is 470 g/mol. The highest BCUT2D eigenvalue weighted by Gasteiger charge is 2.33. The molecular formula is C25H26ClN5O4. The molecule has 0 radical (unpaired) electrons. The molecule has 5 rings (SSSR count). The number of aromatic nitrogens is 3. The third-order valence-corrected chi connectivity index (χ3v) is 6.58. The Morgan fingerprint density at radius 2 is 1.71 bits per heavy atom. The van der Waals surface area contributed by atoms with Crippen LogP contribution in [-0.2, 0) is 22.7 Å². The van der Waals surface area contributed by atoms with Crippen LogP contribution in [0.1, 0.15) is 34.8 Å². The summed E-state index contributed by atoms with van der Waals surface area (Å²) in [6.07, 6.45) is -0.784. The molecule has 10 heteroatoms. The molecule has 9 nitrogen and oxygen atoms in total. The number of benzene rings is 2. The molecule has 0 aliphatic carbocycles. The number of hydrogen-bond acceptors (Lipinski definition) is 6. The number of rotatable bonds is 5. The van der Waals surface area contributed by atoms with Gasteiger partial charge in [0, 0.05) is 31.2 Å². The van der Waals surface area contributed by atoms with E-state index in [1.807, 2.05) is 54.6 Å². The van der Waals surface area contributed by atoms with Crippen molar-refractivity contribution >= 4 is 23.4 Å². The van der Waals surface area contributed by atoms with Gasteiger partial charge in [0.1, 0.15) is 11.9 Å². The van der Waals surface area contributed by atoms with E-state index >= 15 is 0 Å². The van der Waals surface area contributed by atoms with Crippen LogP contribution in [0.2, 0.25) is 5.02 Å². The summed E-state index contributed by atoms with van der Waals surface area (Å²) in [5.41, 5.74) is 1.97. The molecule has 1 fully saturated rings. The second-order valence-corrected chi connectivity index (χ2v) is 9.05. The molecule has 2 aromatic carbocycles. The third-order valence-electron chi connectivity index (χ3n) is 6.32. The Hall–Kier alpha value is -3.43. The van der Waals surface area contributed by atoms with Crippen LogP contribution in [0.4, 0.5) is 0 Å². The fraction of sp³-hybridized carbons (Fsp3) is 0.360. The van der Waals surface area contributed by atoms with E-state index in [1.54, 1.807) is 21.4 Å². The zero-order valence-electron chi connectivity index (χ0n) is 19.3. The van der Waals surface area contributed by atoms with Gasteiger partial charge in [-0.1, -0.05) is 47.1 Å². The fourth-order valence-electron chi connectivity index (χ4n) is 4.35. The number of halogens is 1. The summed E-state index contributed by atoms with van der Waals surface area (Å²) in [6, 6.07) is 16.8. The summed E-state index contributed by atoms with van der Waals surface area (Å²) in [7, 11) is 0. The van der Waals surface area contributed by atoms with Gasteiger partial charge in [-0.15, -0.1) is 5.10 Å². The maximum absolute atomic E-state index is 13.2. The molecule has 0 saturated carbocycles. The summed E-state index contributed by atoms with van der Waals surface area (Å²) in [4.78, 5) is 29.4. The Labute approximate surface area is 208 Å². The Balaban J connectivity index is 1.17. The Kier molecular flexibility index (Phi) is 6.70. The summed E-state index contributed by atoms with van der Waals surface area (Å²) in [5.74, 6) is 0.365. The van der Waals surface area contributed by atoms with E-state index in [2.05, 4.69) is 10.3 Å². The lowest BCUT2D eigenvalue weighted by Crippen LogP contribution is -2.53. The lowest BCUT2D eigenvalue weighted by Gasteiger charge is -2.35. The number of ether oxygens (including phenoxy) is 2. The van der Waals surface area contributed by atoms with Crippen molar-refractivity contribution in [1.29, 1.82) is 0 Å². The zero-order chi connectivity index (χ0) is 24.4. The van der Waals surface area contributed by atoms with Crippen LogP contribution in [0, 0.1) is 0 Å². The Morgan fingerprint density at radius 1 is 1.03 bits per heavy atom. The molecule has 0 spiro atoms. The van der Waals surface area contributed by atoms with Crippen molar-refractivity contribution in [2.75, 3.05) is 26.2 Å². The van der Waals surface area contributed by atoms with Gasteiger partial charge in [-0.25, -0.2) is 4.68 Å². The first kappa shape index (κ1) is 23.3. The smallest absolute Gasteiger partial charge is 0.276 e. The second-order valence-electron chi connectivity index (χ2n) is 8.61. The molecule has 182 valence electrons. The van der Waals surface area contributed by atoms with Crippen LogP contribution >= 0.6 is 11.6 Å². The van der Waals surface area contributed by atoms with Gasteiger partial charge >= 0.3 is 0 Å². The van der Waals surface area contributed by atoms with Gasteiger partial charge in [0.25, 0.3) is 11.8 Å². The van der Waals surface area contributed by atoms with Crippen molar-refractivity contribution in [3.63, 3.8) is 0 Å². The summed E-state index contributed by atoms with van der Waals surface area (Å²) >= 11 is 5.98. The minimum Gasteiger partial charge on any atom is -0.481 e. The monoisotopic (exact) mass is 495 g/mol. The predicted octanol–water partition coefficient (Wildman–Crippen LogP) is 2.95. The van der Waals surface area contributed by atoms with Crippen molar-refractivity contribution in [3.8, 4) is 5.75 Å². The van der Waals surface area contributed by atoms with Gasteiger partial charge in [0.2, 0.25) is 0 Å². The summed E-state index contributed by atoms with van der Waals surface area (Å²) < 4.78 is 13.5. The summed E-state index contributed by atoms with van der Waals surface area (Å²) in [6.45, 7) is 4.17. The SMILES string of the molecule is CC(Oc1ccccc1)C(=O)N1CCN(C(=O)c2nnn3c2COC(c2ccc(Cl)cc2)C3)CC1. The van der Waals surface area contributed by atoms with Crippen molar-refractivity contribution in [2.24, 2.45) is 0 Å². The highest BCUT2D eigenvalue weighted by Crippen LogP contribution is 2.28. The molecule has 2 unspecified atom stereocenters. The maximum Gasteiger partial charge on any atom is 0.276 e. The first-order chi connectivity index (χ1) is 17.0. The second kappa shape index (κ2) is 10.1. The number of piperazine rings is 1. The first-order valence-corrected chi connectivity index (χ1v) is 12.0. The van der Waals surface area contributed by atoms with E-state index in [1.165, 1.54) is 0 Å². The first-order valence-electron chi connectivity index (χ1n) is 11.6. The molecule has 2 aliphatic rings.